The van der Waals surface area contributed by atoms with Crippen molar-refractivity contribution in [1.29, 1.82) is 0 Å². The van der Waals surface area contributed by atoms with Gasteiger partial charge in [-0.25, -0.2) is 4.99 Å². The quantitative estimate of drug-likeness (QED) is 0.205. The average Bonchev–Trinajstić information content (AvgIpc) is 2.18. The lowest BCUT2D eigenvalue weighted by atomic mass is 9.98. The molecule has 1 rings (SSSR count). The molecular formula is C7H15N3O5. The molecule has 5 atom stereocenters. The summed E-state index contributed by atoms with van der Waals surface area (Å²) in [6.07, 6.45) is -5.28. The van der Waals surface area contributed by atoms with Crippen LogP contribution in [-0.4, -0.2) is 63.6 Å². The predicted octanol–water partition coefficient (Wildman–Crippen LogP) is -3.94. The average molecular weight is 221 g/mol. The molecule has 0 aromatic rings. The third-order valence-corrected chi connectivity index (χ3v) is 2.17. The Morgan fingerprint density at radius 1 is 1.20 bits per heavy atom. The van der Waals surface area contributed by atoms with Crippen LogP contribution < -0.4 is 11.5 Å². The van der Waals surface area contributed by atoms with Crippen molar-refractivity contribution in [3.63, 3.8) is 0 Å². The number of rotatable bonds is 2. The van der Waals surface area contributed by atoms with Crippen LogP contribution in [0.15, 0.2) is 4.99 Å². The predicted molar refractivity (Wildman–Crippen MR) is 49.6 cm³/mol. The highest BCUT2D eigenvalue weighted by Gasteiger charge is 2.43. The van der Waals surface area contributed by atoms with Gasteiger partial charge in [0.2, 0.25) is 0 Å². The van der Waals surface area contributed by atoms with E-state index < -0.39 is 37.3 Å². The van der Waals surface area contributed by atoms with E-state index in [4.69, 9.17) is 21.3 Å². The first-order chi connectivity index (χ1) is 6.97. The van der Waals surface area contributed by atoms with Gasteiger partial charge in [-0.3, -0.25) is 0 Å². The molecule has 0 aromatic heterocycles. The molecule has 0 spiro atoms. The first kappa shape index (κ1) is 12.1. The summed E-state index contributed by atoms with van der Waals surface area (Å²) in [6.45, 7) is -0.524. The van der Waals surface area contributed by atoms with E-state index >= 15 is 0 Å². The molecule has 1 saturated heterocycles. The third kappa shape index (κ3) is 2.55. The van der Waals surface area contributed by atoms with Crippen LogP contribution in [-0.2, 0) is 4.74 Å². The van der Waals surface area contributed by atoms with Gasteiger partial charge in [0.1, 0.15) is 24.4 Å². The molecule has 0 saturated carbocycles. The molecule has 1 aliphatic heterocycles. The van der Waals surface area contributed by atoms with Gasteiger partial charge in [0.05, 0.1) is 6.61 Å². The smallest absolute Gasteiger partial charge is 0.186 e. The highest BCUT2D eigenvalue weighted by atomic mass is 16.6. The Labute approximate surface area is 85.8 Å². The van der Waals surface area contributed by atoms with Gasteiger partial charge in [-0.1, -0.05) is 0 Å². The highest BCUT2D eigenvalue weighted by Crippen LogP contribution is 2.21. The zero-order chi connectivity index (χ0) is 11.6. The number of hydrogen-bond acceptors (Lipinski definition) is 6. The van der Waals surface area contributed by atoms with E-state index in [0.29, 0.717) is 0 Å². The van der Waals surface area contributed by atoms with E-state index in [1.807, 2.05) is 0 Å². The SMILES string of the molecule is NC(N)=NC1C(O)O[C@H](CO)[C@@H](O)[C@@H]1O. The molecule has 8 N–H and O–H groups in total. The van der Waals surface area contributed by atoms with Gasteiger partial charge in [-0.2, -0.15) is 0 Å². The number of nitrogens with two attached hydrogens (primary N) is 2. The van der Waals surface area contributed by atoms with Crippen molar-refractivity contribution in [3.8, 4) is 0 Å². The summed E-state index contributed by atoms with van der Waals surface area (Å²) in [5.74, 6) is -0.337. The van der Waals surface area contributed by atoms with Crippen LogP contribution in [0, 0.1) is 0 Å². The van der Waals surface area contributed by atoms with Crippen LogP contribution in [0.3, 0.4) is 0 Å². The lowest BCUT2D eigenvalue weighted by Crippen LogP contribution is -2.58. The highest BCUT2D eigenvalue weighted by molar-refractivity contribution is 5.75. The summed E-state index contributed by atoms with van der Waals surface area (Å²) >= 11 is 0. The minimum absolute atomic E-state index is 0.337. The summed E-state index contributed by atoms with van der Waals surface area (Å²) in [5, 5.41) is 37.1. The van der Waals surface area contributed by atoms with E-state index in [0.717, 1.165) is 0 Å². The van der Waals surface area contributed by atoms with Crippen molar-refractivity contribution >= 4 is 5.96 Å². The number of aliphatic hydroxyl groups excluding tert-OH is 4. The van der Waals surface area contributed by atoms with Crippen LogP contribution in [0.25, 0.3) is 0 Å². The first-order valence-electron chi connectivity index (χ1n) is 4.36. The first-order valence-corrected chi connectivity index (χ1v) is 4.36. The van der Waals surface area contributed by atoms with Crippen LogP contribution in [0.1, 0.15) is 0 Å². The number of ether oxygens (including phenoxy) is 1. The zero-order valence-electron chi connectivity index (χ0n) is 7.89. The largest absolute Gasteiger partial charge is 0.394 e. The van der Waals surface area contributed by atoms with Crippen molar-refractivity contribution in [2.75, 3.05) is 6.61 Å². The van der Waals surface area contributed by atoms with Gasteiger partial charge in [-0.15, -0.1) is 0 Å². The summed E-state index contributed by atoms with van der Waals surface area (Å²) in [6, 6.07) is -1.16. The van der Waals surface area contributed by atoms with Crippen LogP contribution in [0.4, 0.5) is 0 Å². The Morgan fingerprint density at radius 3 is 2.27 bits per heavy atom. The van der Waals surface area contributed by atoms with Gasteiger partial charge in [0, 0.05) is 0 Å². The molecule has 1 fully saturated rings. The Morgan fingerprint density at radius 2 is 1.80 bits per heavy atom. The Bertz CT molecular complexity index is 245. The lowest BCUT2D eigenvalue weighted by molar-refractivity contribution is -0.248. The maximum absolute atomic E-state index is 9.54. The standard InChI is InChI=1S/C7H15N3O5/c8-7(9)10-3-5(13)4(12)2(1-11)15-6(3)14/h2-6,11-14H,1H2,(H4,8,9,10)/t2-,3?,4-,5-,6?/m1/s1. The molecule has 8 nitrogen and oxygen atoms in total. The topological polar surface area (TPSA) is 155 Å². The van der Waals surface area contributed by atoms with Gasteiger partial charge >= 0.3 is 0 Å². The van der Waals surface area contributed by atoms with Crippen molar-refractivity contribution in [3.05, 3.63) is 0 Å². The van der Waals surface area contributed by atoms with E-state index in [-0.39, 0.29) is 5.96 Å². The monoisotopic (exact) mass is 221 g/mol. The molecule has 88 valence electrons. The molecule has 0 radical (unpaired) electrons. The molecule has 2 unspecified atom stereocenters. The Hall–Kier alpha value is -0.930. The molecule has 0 amide bonds. The van der Waals surface area contributed by atoms with E-state index in [1.54, 1.807) is 0 Å². The Kier molecular flexibility index (Phi) is 3.83. The van der Waals surface area contributed by atoms with E-state index in [1.165, 1.54) is 0 Å². The van der Waals surface area contributed by atoms with Crippen LogP contribution in [0.5, 0.6) is 0 Å². The minimum atomic E-state index is -1.47. The number of aliphatic imine (C=N–C) groups is 1. The summed E-state index contributed by atoms with van der Waals surface area (Å²) in [4.78, 5) is 3.52. The molecule has 1 heterocycles. The van der Waals surface area contributed by atoms with Crippen LogP contribution in [0.2, 0.25) is 0 Å². The van der Waals surface area contributed by atoms with Gasteiger partial charge in [0.25, 0.3) is 0 Å². The second-order valence-electron chi connectivity index (χ2n) is 3.27. The van der Waals surface area contributed by atoms with E-state index in [2.05, 4.69) is 4.99 Å². The number of hydrogen-bond donors (Lipinski definition) is 6. The molecule has 8 heteroatoms. The second-order valence-corrected chi connectivity index (χ2v) is 3.27. The normalized spacial score (nSPS) is 41.2. The van der Waals surface area contributed by atoms with Gasteiger partial charge in [0.15, 0.2) is 12.2 Å². The summed E-state index contributed by atoms with van der Waals surface area (Å²) in [7, 11) is 0. The molecule has 1 aliphatic rings. The molecule has 0 aromatic carbocycles. The zero-order valence-corrected chi connectivity index (χ0v) is 7.89. The fourth-order valence-electron chi connectivity index (χ4n) is 1.39. The minimum Gasteiger partial charge on any atom is -0.394 e. The fraction of sp³-hybridized carbons (Fsp3) is 0.857. The van der Waals surface area contributed by atoms with Gasteiger partial charge < -0.3 is 36.6 Å². The third-order valence-electron chi connectivity index (χ3n) is 2.17. The lowest BCUT2D eigenvalue weighted by Gasteiger charge is -2.38. The summed E-state index contributed by atoms with van der Waals surface area (Å²) < 4.78 is 4.81. The van der Waals surface area contributed by atoms with Crippen molar-refractivity contribution < 1.29 is 25.2 Å². The number of nitrogens with zero attached hydrogens (tertiary/aromatic N) is 1. The van der Waals surface area contributed by atoms with Crippen molar-refractivity contribution in [2.45, 2.75) is 30.6 Å². The van der Waals surface area contributed by atoms with Crippen molar-refractivity contribution in [1.82, 2.24) is 0 Å². The maximum Gasteiger partial charge on any atom is 0.186 e. The molecular weight excluding hydrogens is 206 g/mol. The van der Waals surface area contributed by atoms with E-state index in [9.17, 15) is 15.3 Å². The molecule has 15 heavy (non-hydrogen) atoms. The molecule has 0 bridgehead atoms. The van der Waals surface area contributed by atoms with Crippen molar-refractivity contribution in [2.24, 2.45) is 16.5 Å². The number of aliphatic hydroxyl groups is 4. The summed E-state index contributed by atoms with van der Waals surface area (Å²) in [5.41, 5.74) is 10.2. The van der Waals surface area contributed by atoms with Gasteiger partial charge in [-0.05, 0) is 0 Å². The second kappa shape index (κ2) is 4.73. The fourth-order valence-corrected chi connectivity index (χ4v) is 1.39. The maximum atomic E-state index is 9.54. The Balaban J connectivity index is 2.79. The molecule has 0 aliphatic carbocycles. The number of guanidine groups is 1. The van der Waals surface area contributed by atoms with Crippen LogP contribution >= 0.6 is 0 Å².